The molecule has 0 saturated heterocycles. The molecular formula is C25H25N3O3S. The smallest absolute Gasteiger partial charge is 0.250 e. The number of carbonyl (C=O) groups excluding carboxylic acids is 3. The van der Waals surface area contributed by atoms with Crippen LogP contribution in [0.25, 0.3) is 0 Å². The summed E-state index contributed by atoms with van der Waals surface area (Å²) < 4.78 is 0. The maximum absolute atomic E-state index is 13.2. The number of carbonyl (C=O) groups is 3. The largest absolute Gasteiger partial charge is 0.366 e. The van der Waals surface area contributed by atoms with Crippen molar-refractivity contribution in [2.45, 2.75) is 29.9 Å². The molecule has 164 valence electrons. The first kappa shape index (κ1) is 23.1. The van der Waals surface area contributed by atoms with Crippen LogP contribution < -0.4 is 16.4 Å². The van der Waals surface area contributed by atoms with Gasteiger partial charge in [-0.05, 0) is 48.4 Å². The molecule has 32 heavy (non-hydrogen) atoms. The first-order valence-corrected chi connectivity index (χ1v) is 11.2. The molecule has 0 aliphatic heterocycles. The van der Waals surface area contributed by atoms with E-state index in [0.29, 0.717) is 17.8 Å². The molecular weight excluding hydrogens is 422 g/mol. The number of primary amides is 1. The number of anilines is 2. The number of hydrogen-bond acceptors (Lipinski definition) is 4. The van der Waals surface area contributed by atoms with E-state index in [1.165, 1.54) is 11.8 Å². The van der Waals surface area contributed by atoms with Crippen molar-refractivity contribution in [1.29, 1.82) is 0 Å². The van der Waals surface area contributed by atoms with Gasteiger partial charge in [-0.3, -0.25) is 14.4 Å². The number of hydrogen-bond donors (Lipinski definition) is 3. The van der Waals surface area contributed by atoms with Crippen LogP contribution in [0.5, 0.6) is 0 Å². The molecule has 3 amide bonds. The van der Waals surface area contributed by atoms with Crippen LogP contribution in [0.1, 0.15) is 40.9 Å². The molecule has 0 fully saturated rings. The van der Waals surface area contributed by atoms with Crippen LogP contribution in [-0.4, -0.2) is 17.7 Å². The van der Waals surface area contributed by atoms with Gasteiger partial charge in [0.1, 0.15) is 5.25 Å². The van der Waals surface area contributed by atoms with Crippen molar-refractivity contribution in [3.8, 4) is 0 Å². The number of para-hydroxylation sites is 1. The Hall–Kier alpha value is -3.58. The molecule has 0 heterocycles. The average Bonchev–Trinajstić information content (AvgIpc) is 2.79. The summed E-state index contributed by atoms with van der Waals surface area (Å²) in [5.41, 5.74) is 7.61. The lowest BCUT2D eigenvalue weighted by Gasteiger charge is -2.18. The monoisotopic (exact) mass is 447 g/mol. The average molecular weight is 448 g/mol. The summed E-state index contributed by atoms with van der Waals surface area (Å²) >= 11 is 1.38. The minimum atomic E-state index is -0.606. The first-order chi connectivity index (χ1) is 15.5. The third-order valence-corrected chi connectivity index (χ3v) is 5.93. The van der Waals surface area contributed by atoms with Crippen LogP contribution in [0, 0.1) is 0 Å². The SMILES string of the molecule is CCCC(=O)Nc1ccc(SC(C(=O)Nc2ccccc2C(N)=O)c2ccccc2)cc1. The number of amides is 3. The normalized spacial score (nSPS) is 11.4. The van der Waals surface area contributed by atoms with E-state index in [1.807, 2.05) is 61.5 Å². The van der Waals surface area contributed by atoms with E-state index >= 15 is 0 Å². The summed E-state index contributed by atoms with van der Waals surface area (Å²) in [6.45, 7) is 1.95. The van der Waals surface area contributed by atoms with Gasteiger partial charge in [-0.25, -0.2) is 0 Å². The lowest BCUT2D eigenvalue weighted by Crippen LogP contribution is -2.22. The van der Waals surface area contributed by atoms with Crippen LogP contribution in [0.15, 0.2) is 83.8 Å². The summed E-state index contributed by atoms with van der Waals surface area (Å²) in [4.78, 5) is 37.6. The van der Waals surface area contributed by atoms with Crippen molar-refractivity contribution in [3.63, 3.8) is 0 Å². The van der Waals surface area contributed by atoms with Crippen molar-refractivity contribution < 1.29 is 14.4 Å². The fraction of sp³-hybridized carbons (Fsp3) is 0.160. The van der Waals surface area contributed by atoms with Crippen LogP contribution in [0.4, 0.5) is 11.4 Å². The molecule has 6 nitrogen and oxygen atoms in total. The summed E-state index contributed by atoms with van der Waals surface area (Å²) in [7, 11) is 0. The number of thioether (sulfide) groups is 1. The van der Waals surface area contributed by atoms with Crippen molar-refractivity contribution >= 4 is 40.9 Å². The minimum Gasteiger partial charge on any atom is -0.366 e. The lowest BCUT2D eigenvalue weighted by molar-refractivity contribution is -0.116. The van der Waals surface area contributed by atoms with Crippen LogP contribution in [-0.2, 0) is 9.59 Å². The zero-order valence-electron chi connectivity index (χ0n) is 17.7. The fourth-order valence-corrected chi connectivity index (χ4v) is 4.13. The Bertz CT molecular complexity index is 1090. The fourth-order valence-electron chi connectivity index (χ4n) is 3.11. The molecule has 4 N–H and O–H groups in total. The van der Waals surface area contributed by atoms with E-state index in [-0.39, 0.29) is 17.4 Å². The van der Waals surface area contributed by atoms with Crippen molar-refractivity contribution in [1.82, 2.24) is 0 Å². The minimum absolute atomic E-state index is 0.0254. The van der Waals surface area contributed by atoms with Crippen molar-refractivity contribution in [2.24, 2.45) is 5.73 Å². The van der Waals surface area contributed by atoms with Crippen molar-refractivity contribution in [3.05, 3.63) is 90.0 Å². The second-order valence-electron chi connectivity index (χ2n) is 7.13. The molecule has 1 unspecified atom stereocenters. The first-order valence-electron chi connectivity index (χ1n) is 10.3. The molecule has 0 spiro atoms. The second-order valence-corrected chi connectivity index (χ2v) is 8.31. The number of nitrogens with two attached hydrogens (primary N) is 1. The van der Waals surface area contributed by atoms with Crippen LogP contribution >= 0.6 is 11.8 Å². The van der Waals surface area contributed by atoms with E-state index in [1.54, 1.807) is 24.3 Å². The Morgan fingerprint density at radius 3 is 2.19 bits per heavy atom. The lowest BCUT2D eigenvalue weighted by atomic mass is 10.1. The Labute approximate surface area is 191 Å². The maximum atomic E-state index is 13.2. The van der Waals surface area contributed by atoms with E-state index in [0.717, 1.165) is 16.9 Å². The standard InChI is InChI=1S/C25H25N3O3S/c1-2-8-22(29)27-18-13-15-19(16-14-18)32-23(17-9-4-3-5-10-17)25(31)28-21-12-7-6-11-20(21)24(26)30/h3-7,9-16,23H,2,8H2,1H3,(H2,26,30)(H,27,29)(H,28,31). The second kappa shape index (κ2) is 11.2. The van der Waals surface area contributed by atoms with E-state index in [4.69, 9.17) is 5.73 Å². The Morgan fingerprint density at radius 2 is 1.53 bits per heavy atom. The highest BCUT2D eigenvalue weighted by Crippen LogP contribution is 2.37. The van der Waals surface area contributed by atoms with Gasteiger partial charge in [0.15, 0.2) is 0 Å². The van der Waals surface area contributed by atoms with Gasteiger partial charge in [-0.1, -0.05) is 49.4 Å². The van der Waals surface area contributed by atoms with Gasteiger partial charge < -0.3 is 16.4 Å². The zero-order chi connectivity index (χ0) is 22.9. The Balaban J connectivity index is 1.81. The molecule has 3 rings (SSSR count). The number of rotatable bonds is 9. The molecule has 0 radical (unpaired) electrons. The summed E-state index contributed by atoms with van der Waals surface area (Å²) in [5, 5.41) is 5.14. The third kappa shape index (κ3) is 6.21. The molecule has 0 aliphatic carbocycles. The van der Waals surface area contributed by atoms with Gasteiger partial charge in [0.05, 0.1) is 11.3 Å². The molecule has 0 aliphatic rings. The van der Waals surface area contributed by atoms with E-state index < -0.39 is 11.2 Å². The Kier molecular flexibility index (Phi) is 8.05. The van der Waals surface area contributed by atoms with E-state index in [2.05, 4.69) is 10.6 Å². The highest BCUT2D eigenvalue weighted by Gasteiger charge is 2.23. The molecule has 0 saturated carbocycles. The van der Waals surface area contributed by atoms with Gasteiger partial charge in [0.25, 0.3) is 5.91 Å². The summed E-state index contributed by atoms with van der Waals surface area (Å²) in [5.74, 6) is -0.900. The molecule has 3 aromatic carbocycles. The summed E-state index contributed by atoms with van der Waals surface area (Å²) in [6, 6.07) is 23.4. The molecule has 0 aromatic heterocycles. The van der Waals surface area contributed by atoms with Gasteiger partial charge >= 0.3 is 0 Å². The van der Waals surface area contributed by atoms with E-state index in [9.17, 15) is 14.4 Å². The van der Waals surface area contributed by atoms with Crippen LogP contribution in [0.3, 0.4) is 0 Å². The predicted molar refractivity (Wildman–Crippen MR) is 129 cm³/mol. The quantitative estimate of drug-likeness (QED) is 0.402. The molecule has 0 bridgehead atoms. The number of nitrogens with one attached hydrogen (secondary N) is 2. The van der Waals surface area contributed by atoms with Gasteiger partial charge in [0.2, 0.25) is 11.8 Å². The van der Waals surface area contributed by atoms with Gasteiger partial charge in [-0.2, -0.15) is 0 Å². The molecule has 1 atom stereocenters. The van der Waals surface area contributed by atoms with Crippen LogP contribution in [0.2, 0.25) is 0 Å². The zero-order valence-corrected chi connectivity index (χ0v) is 18.5. The highest BCUT2D eigenvalue weighted by atomic mass is 32.2. The summed E-state index contributed by atoms with van der Waals surface area (Å²) in [6.07, 6.45) is 1.26. The number of benzene rings is 3. The topological polar surface area (TPSA) is 101 Å². The van der Waals surface area contributed by atoms with Crippen molar-refractivity contribution in [2.75, 3.05) is 10.6 Å². The maximum Gasteiger partial charge on any atom is 0.250 e. The third-order valence-electron chi connectivity index (χ3n) is 4.66. The highest BCUT2D eigenvalue weighted by molar-refractivity contribution is 8.00. The Morgan fingerprint density at radius 1 is 0.875 bits per heavy atom. The predicted octanol–water partition coefficient (Wildman–Crippen LogP) is 5.00. The van der Waals surface area contributed by atoms with Gasteiger partial charge in [-0.15, -0.1) is 11.8 Å². The van der Waals surface area contributed by atoms with Gasteiger partial charge in [0, 0.05) is 17.0 Å². The molecule has 7 heteroatoms. The molecule has 3 aromatic rings.